The van der Waals surface area contributed by atoms with Gasteiger partial charge in [0.1, 0.15) is 0 Å². The minimum Gasteiger partial charge on any atom is -0.372 e. The van der Waals surface area contributed by atoms with Crippen LogP contribution in [-0.2, 0) is 4.74 Å². The fourth-order valence-electron chi connectivity index (χ4n) is 2.77. The molecule has 0 amide bonds. The molecule has 0 aromatic heterocycles. The molecule has 1 saturated heterocycles. The normalized spacial score (nSPS) is 24.1. The summed E-state index contributed by atoms with van der Waals surface area (Å²) in [6, 6.07) is 8.84. The van der Waals surface area contributed by atoms with E-state index < -0.39 is 0 Å². The molecule has 1 nitrogen and oxygen atoms in total. The number of hydrogen-bond acceptors (Lipinski definition) is 1. The van der Waals surface area contributed by atoms with E-state index >= 15 is 0 Å². The van der Waals surface area contributed by atoms with E-state index in [4.69, 9.17) is 4.74 Å². The third-order valence-electron chi connectivity index (χ3n) is 3.80. The van der Waals surface area contributed by atoms with E-state index in [9.17, 15) is 0 Å². The van der Waals surface area contributed by atoms with Crippen molar-refractivity contribution in [3.8, 4) is 0 Å². The second-order valence-corrected chi connectivity index (χ2v) is 6.69. The van der Waals surface area contributed by atoms with E-state index in [1.54, 1.807) is 0 Å². The minimum atomic E-state index is 0.0775. The van der Waals surface area contributed by atoms with Crippen molar-refractivity contribution < 1.29 is 4.74 Å². The van der Waals surface area contributed by atoms with Gasteiger partial charge in [0.15, 0.2) is 0 Å². The van der Waals surface area contributed by atoms with Crippen LogP contribution in [0, 0.1) is 6.92 Å². The molecule has 18 heavy (non-hydrogen) atoms. The quantitative estimate of drug-likeness (QED) is 0.724. The summed E-state index contributed by atoms with van der Waals surface area (Å²) in [6.07, 6.45) is 3.92. The Morgan fingerprint density at radius 1 is 1.44 bits per heavy atom. The molecule has 0 aliphatic carbocycles. The number of ether oxygens (including phenoxy) is 1. The topological polar surface area (TPSA) is 9.23 Å². The van der Waals surface area contributed by atoms with Crippen molar-refractivity contribution in [2.45, 2.75) is 57.7 Å². The predicted molar refractivity (Wildman–Crippen MR) is 80.5 cm³/mol. The first kappa shape index (κ1) is 14.1. The van der Waals surface area contributed by atoms with Crippen LogP contribution < -0.4 is 0 Å². The molecule has 1 heterocycles. The summed E-state index contributed by atoms with van der Waals surface area (Å²) in [7, 11) is 0. The lowest BCUT2D eigenvalue weighted by molar-refractivity contribution is -0.0201. The van der Waals surface area contributed by atoms with Gasteiger partial charge in [0.05, 0.1) is 11.7 Å². The molecule has 1 aliphatic heterocycles. The monoisotopic (exact) mass is 310 g/mol. The van der Waals surface area contributed by atoms with Crippen molar-refractivity contribution in [3.05, 3.63) is 35.4 Å². The summed E-state index contributed by atoms with van der Waals surface area (Å²) in [5.41, 5.74) is 2.85. The zero-order chi connectivity index (χ0) is 13.2. The van der Waals surface area contributed by atoms with E-state index in [1.807, 2.05) is 0 Å². The van der Waals surface area contributed by atoms with Crippen LogP contribution in [0.15, 0.2) is 24.3 Å². The molecule has 0 spiro atoms. The zero-order valence-corrected chi connectivity index (χ0v) is 13.2. The van der Waals surface area contributed by atoms with E-state index in [1.165, 1.54) is 24.0 Å². The standard InChI is InChI=1S/C16H23BrO/c1-12-5-4-6-13(9-12)14(11-17)10-15-7-8-16(2,3)18-15/h4-6,9,14-15H,7-8,10-11H2,1-3H3. The van der Waals surface area contributed by atoms with Crippen LogP contribution in [0.1, 0.15) is 50.2 Å². The Kier molecular flexibility index (Phi) is 4.50. The SMILES string of the molecule is Cc1cccc(C(CBr)CC2CCC(C)(C)O2)c1. The Hall–Kier alpha value is -0.340. The van der Waals surface area contributed by atoms with Gasteiger partial charge in [-0.25, -0.2) is 0 Å². The van der Waals surface area contributed by atoms with Crippen molar-refractivity contribution in [3.63, 3.8) is 0 Å². The van der Waals surface area contributed by atoms with Gasteiger partial charge in [-0.3, -0.25) is 0 Å². The largest absolute Gasteiger partial charge is 0.372 e. The molecule has 0 saturated carbocycles. The van der Waals surface area contributed by atoms with E-state index in [2.05, 4.69) is 61.0 Å². The molecule has 2 rings (SSSR count). The highest BCUT2D eigenvalue weighted by atomic mass is 79.9. The van der Waals surface area contributed by atoms with Gasteiger partial charge in [0.2, 0.25) is 0 Å². The van der Waals surface area contributed by atoms with Crippen LogP contribution in [0.4, 0.5) is 0 Å². The fraction of sp³-hybridized carbons (Fsp3) is 0.625. The van der Waals surface area contributed by atoms with Crippen LogP contribution in [0.2, 0.25) is 0 Å². The Labute approximate surface area is 119 Å². The fourth-order valence-corrected chi connectivity index (χ4v) is 3.41. The van der Waals surface area contributed by atoms with Crippen LogP contribution in [-0.4, -0.2) is 17.0 Å². The molecule has 1 aromatic carbocycles. The first-order valence-corrected chi connectivity index (χ1v) is 7.93. The van der Waals surface area contributed by atoms with Crippen LogP contribution in [0.5, 0.6) is 0 Å². The second-order valence-electron chi connectivity index (χ2n) is 6.04. The zero-order valence-electron chi connectivity index (χ0n) is 11.6. The molecule has 1 aliphatic rings. The average molecular weight is 311 g/mol. The van der Waals surface area contributed by atoms with Gasteiger partial charge < -0.3 is 4.74 Å². The maximum atomic E-state index is 6.11. The summed E-state index contributed by atoms with van der Waals surface area (Å²) in [6.45, 7) is 6.55. The third kappa shape index (κ3) is 3.58. The highest BCUT2D eigenvalue weighted by molar-refractivity contribution is 9.09. The highest BCUT2D eigenvalue weighted by Gasteiger charge is 2.32. The molecular weight excluding hydrogens is 288 g/mol. The molecule has 1 fully saturated rings. The van der Waals surface area contributed by atoms with E-state index in [0.29, 0.717) is 12.0 Å². The van der Waals surface area contributed by atoms with Gasteiger partial charge in [0.25, 0.3) is 0 Å². The van der Waals surface area contributed by atoms with Gasteiger partial charge in [-0.2, -0.15) is 0 Å². The number of rotatable bonds is 4. The molecule has 0 radical (unpaired) electrons. The van der Waals surface area contributed by atoms with Crippen molar-refractivity contribution in [1.82, 2.24) is 0 Å². The maximum Gasteiger partial charge on any atom is 0.0631 e. The Morgan fingerprint density at radius 3 is 2.78 bits per heavy atom. The van der Waals surface area contributed by atoms with Crippen LogP contribution >= 0.6 is 15.9 Å². The molecule has 0 bridgehead atoms. The number of aryl methyl sites for hydroxylation is 1. The van der Waals surface area contributed by atoms with Crippen LogP contribution in [0.25, 0.3) is 0 Å². The van der Waals surface area contributed by atoms with E-state index in [0.717, 1.165) is 11.8 Å². The summed E-state index contributed by atoms with van der Waals surface area (Å²) >= 11 is 3.66. The summed E-state index contributed by atoms with van der Waals surface area (Å²) < 4.78 is 6.11. The number of hydrogen-bond donors (Lipinski definition) is 0. The summed E-state index contributed by atoms with van der Waals surface area (Å²) in [4.78, 5) is 0. The lowest BCUT2D eigenvalue weighted by Gasteiger charge is -2.23. The van der Waals surface area contributed by atoms with Crippen molar-refractivity contribution in [2.75, 3.05) is 5.33 Å². The smallest absolute Gasteiger partial charge is 0.0631 e. The van der Waals surface area contributed by atoms with Gasteiger partial charge in [-0.05, 0) is 51.5 Å². The number of halogens is 1. The lowest BCUT2D eigenvalue weighted by atomic mass is 9.93. The second kappa shape index (κ2) is 5.75. The first-order chi connectivity index (χ1) is 8.50. The lowest BCUT2D eigenvalue weighted by Crippen LogP contribution is -2.21. The molecule has 0 N–H and O–H groups in total. The molecule has 1 aromatic rings. The van der Waals surface area contributed by atoms with Gasteiger partial charge in [-0.1, -0.05) is 45.8 Å². The van der Waals surface area contributed by atoms with Crippen molar-refractivity contribution in [1.29, 1.82) is 0 Å². The number of benzene rings is 1. The molecule has 2 heteroatoms. The van der Waals surface area contributed by atoms with Gasteiger partial charge in [-0.15, -0.1) is 0 Å². The van der Waals surface area contributed by atoms with Crippen LogP contribution in [0.3, 0.4) is 0 Å². The van der Waals surface area contributed by atoms with Crippen molar-refractivity contribution in [2.24, 2.45) is 0 Å². The summed E-state index contributed by atoms with van der Waals surface area (Å²) in [5.74, 6) is 0.559. The highest BCUT2D eigenvalue weighted by Crippen LogP contribution is 2.35. The molecular formula is C16H23BrO. The Morgan fingerprint density at radius 2 is 2.22 bits per heavy atom. The minimum absolute atomic E-state index is 0.0775. The Balaban J connectivity index is 2.02. The molecule has 100 valence electrons. The molecule has 2 atom stereocenters. The van der Waals surface area contributed by atoms with Gasteiger partial charge >= 0.3 is 0 Å². The predicted octanol–water partition coefficient (Wildman–Crippen LogP) is 4.82. The summed E-state index contributed by atoms with van der Waals surface area (Å²) in [5, 5.41) is 1.01. The first-order valence-electron chi connectivity index (χ1n) is 6.80. The average Bonchev–Trinajstić information content (AvgIpc) is 2.65. The number of alkyl halides is 1. The maximum absolute atomic E-state index is 6.11. The van der Waals surface area contributed by atoms with Crippen molar-refractivity contribution >= 4 is 15.9 Å². The van der Waals surface area contributed by atoms with E-state index in [-0.39, 0.29) is 5.60 Å². The Bertz CT molecular complexity index is 400. The third-order valence-corrected chi connectivity index (χ3v) is 4.58. The van der Waals surface area contributed by atoms with Gasteiger partial charge in [0, 0.05) is 5.33 Å². The molecule has 2 unspecified atom stereocenters.